The van der Waals surface area contributed by atoms with Gasteiger partial charge in [0.05, 0.1) is 46.8 Å². The molecule has 2 amide bonds. The number of hydrogen-bond acceptors (Lipinski definition) is 10. The Bertz CT molecular complexity index is 2100. The number of halogens is 1. The smallest absolute Gasteiger partial charge is 0.410 e. The van der Waals surface area contributed by atoms with E-state index >= 15 is 0 Å². The number of aromatic nitrogens is 2. The molecule has 4 atom stereocenters. The van der Waals surface area contributed by atoms with E-state index in [1.807, 2.05) is 65.0 Å². The first-order valence-corrected chi connectivity index (χ1v) is 25.2. The SMILES string of the molecule is C[C@H]1CN(c2cc(S(=O)(=O)N(COCC[Si](C)(C)C)C3(C#N)CC3)cc3c2cnn3[C@@H]2C[C@@H](CF)N(C(=O)OCc3ccccc3)C2)C[C@H](C)N1C(=O)OC(C)(C)C. The minimum atomic E-state index is -4.34. The first kappa shape index (κ1) is 43.3. The van der Waals surface area contributed by atoms with Crippen LogP contribution >= 0.6 is 0 Å². The number of fused-ring (bicyclic) bond motifs is 1. The van der Waals surface area contributed by atoms with Gasteiger partial charge in [-0.15, -0.1) is 0 Å². The van der Waals surface area contributed by atoms with Gasteiger partial charge in [-0.1, -0.05) is 50.0 Å². The van der Waals surface area contributed by atoms with Crippen molar-refractivity contribution >= 4 is 46.9 Å². The second kappa shape index (κ2) is 16.8. The van der Waals surface area contributed by atoms with E-state index in [-0.39, 0.29) is 43.3 Å². The van der Waals surface area contributed by atoms with Crippen molar-refractivity contribution < 1.29 is 36.6 Å². The Balaban J connectivity index is 1.37. The van der Waals surface area contributed by atoms with E-state index in [0.29, 0.717) is 49.1 Å². The molecule has 0 bridgehead atoms. The third-order valence-electron chi connectivity index (χ3n) is 11.1. The number of ether oxygens (including phenoxy) is 3. The van der Waals surface area contributed by atoms with Crippen LogP contribution in [0.2, 0.25) is 25.7 Å². The fourth-order valence-electron chi connectivity index (χ4n) is 7.85. The Kier molecular flexibility index (Phi) is 12.5. The van der Waals surface area contributed by atoms with Crippen LogP contribution < -0.4 is 4.90 Å². The lowest BCUT2D eigenvalue weighted by Gasteiger charge is -2.45. The van der Waals surface area contributed by atoms with Crippen molar-refractivity contribution in [1.82, 2.24) is 23.9 Å². The Morgan fingerprint density at radius 3 is 2.31 bits per heavy atom. The molecular weight excluding hydrogens is 782 g/mol. The number of alkyl halides is 1. The maximum absolute atomic E-state index is 14.9. The maximum atomic E-state index is 14.9. The number of carbonyl (C=O) groups excluding carboxylic acids is 2. The molecule has 3 aromatic rings. The highest BCUT2D eigenvalue weighted by atomic mass is 32.2. The summed E-state index contributed by atoms with van der Waals surface area (Å²) in [5.41, 5.74) is -0.0344. The lowest BCUT2D eigenvalue weighted by molar-refractivity contribution is 0.00566. The highest BCUT2D eigenvalue weighted by Crippen LogP contribution is 2.45. The van der Waals surface area contributed by atoms with Gasteiger partial charge in [-0.05, 0) is 77.6 Å². The molecule has 1 aliphatic carbocycles. The van der Waals surface area contributed by atoms with E-state index in [1.54, 1.807) is 27.9 Å². The molecule has 14 nitrogen and oxygen atoms in total. The molecule has 0 radical (unpaired) electrons. The van der Waals surface area contributed by atoms with Gasteiger partial charge in [-0.25, -0.2) is 22.4 Å². The van der Waals surface area contributed by atoms with Crippen molar-refractivity contribution in [1.29, 1.82) is 5.26 Å². The van der Waals surface area contributed by atoms with Crippen LogP contribution in [0.15, 0.2) is 53.6 Å². The highest BCUT2D eigenvalue weighted by Gasteiger charge is 2.54. The van der Waals surface area contributed by atoms with Crippen LogP contribution in [-0.4, -0.2) is 121 Å². The Morgan fingerprint density at radius 2 is 1.72 bits per heavy atom. The molecule has 17 heteroatoms. The van der Waals surface area contributed by atoms with Gasteiger partial charge in [0.1, 0.15) is 31.2 Å². The Labute approximate surface area is 342 Å². The zero-order chi connectivity index (χ0) is 42.2. The van der Waals surface area contributed by atoms with Gasteiger partial charge in [0, 0.05) is 45.4 Å². The number of anilines is 1. The number of amides is 2. The van der Waals surface area contributed by atoms with Gasteiger partial charge in [-0.2, -0.15) is 14.7 Å². The third-order valence-corrected chi connectivity index (χ3v) is 14.7. The number of hydrogen-bond donors (Lipinski definition) is 0. The van der Waals surface area contributed by atoms with Crippen LogP contribution in [0.25, 0.3) is 10.9 Å². The first-order chi connectivity index (χ1) is 27.3. The van der Waals surface area contributed by atoms with Crippen molar-refractivity contribution in [2.45, 2.75) is 126 Å². The van der Waals surface area contributed by atoms with Gasteiger partial charge < -0.3 is 24.0 Å². The molecule has 0 unspecified atom stereocenters. The second-order valence-corrected chi connectivity index (χ2v) is 25.7. The third kappa shape index (κ3) is 9.45. The average Bonchev–Trinajstić information content (AvgIpc) is 3.61. The summed E-state index contributed by atoms with van der Waals surface area (Å²) in [5, 5.41) is 15.7. The summed E-state index contributed by atoms with van der Waals surface area (Å²) in [4.78, 5) is 31.8. The van der Waals surface area contributed by atoms with Crippen LogP contribution in [0, 0.1) is 11.3 Å². The highest BCUT2D eigenvalue weighted by molar-refractivity contribution is 7.89. The Hall–Kier alpha value is -4.24. The lowest BCUT2D eigenvalue weighted by atomic mass is 10.1. The number of rotatable bonds is 13. The molecule has 3 heterocycles. The normalized spacial score (nSPS) is 22.3. The van der Waals surface area contributed by atoms with Crippen LogP contribution in [0.1, 0.15) is 65.5 Å². The summed E-state index contributed by atoms with van der Waals surface area (Å²) < 4.78 is 64.6. The Morgan fingerprint density at radius 1 is 1.05 bits per heavy atom. The van der Waals surface area contributed by atoms with Gasteiger partial charge in [-0.3, -0.25) is 9.58 Å². The van der Waals surface area contributed by atoms with E-state index in [9.17, 15) is 27.7 Å². The molecule has 0 N–H and O–H groups in total. The first-order valence-electron chi connectivity index (χ1n) is 20.1. The molecule has 2 aromatic carbocycles. The van der Waals surface area contributed by atoms with E-state index in [0.717, 1.165) is 11.6 Å². The van der Waals surface area contributed by atoms with Crippen molar-refractivity contribution in [3.63, 3.8) is 0 Å². The van der Waals surface area contributed by atoms with E-state index in [2.05, 4.69) is 30.6 Å². The quantitative estimate of drug-likeness (QED) is 0.0987. The molecule has 1 aromatic heterocycles. The number of nitrogens with zero attached hydrogens (tertiary/aromatic N) is 7. The van der Waals surface area contributed by atoms with Crippen LogP contribution in [-0.2, 0) is 30.8 Å². The molecule has 0 spiro atoms. The van der Waals surface area contributed by atoms with Crippen molar-refractivity contribution in [2.75, 3.05) is 44.5 Å². The predicted octanol–water partition coefficient (Wildman–Crippen LogP) is 7.15. The molecule has 2 saturated heterocycles. The number of piperazine rings is 1. The molecule has 58 heavy (non-hydrogen) atoms. The summed E-state index contributed by atoms with van der Waals surface area (Å²) in [5.74, 6) is 0. The largest absolute Gasteiger partial charge is 0.445 e. The minimum absolute atomic E-state index is 0.0374. The van der Waals surface area contributed by atoms with E-state index in [4.69, 9.17) is 19.3 Å². The summed E-state index contributed by atoms with van der Waals surface area (Å²) in [6.07, 6.45) is 1.61. The molecule has 3 fully saturated rings. The molecule has 6 rings (SSSR count). The van der Waals surface area contributed by atoms with Crippen molar-refractivity contribution in [2.24, 2.45) is 0 Å². The summed E-state index contributed by atoms with van der Waals surface area (Å²) in [7, 11) is -5.82. The number of benzene rings is 2. The van der Waals surface area contributed by atoms with Gasteiger partial charge in [0.2, 0.25) is 10.0 Å². The van der Waals surface area contributed by atoms with Gasteiger partial charge in [0.15, 0.2) is 0 Å². The van der Waals surface area contributed by atoms with Crippen LogP contribution in [0.4, 0.5) is 19.7 Å². The summed E-state index contributed by atoms with van der Waals surface area (Å²) in [6.45, 7) is 16.2. The topological polar surface area (TPSA) is 151 Å². The standard InChI is InChI=1S/C41H58FN7O7SSi/c1-29-23-45(24-30(2)48(29)39(51)56-40(3,4)5)36-19-34(57(52,53)47(41(27-43)14-15-41)28-54-16-17-58(6,7)8)20-37-35(36)22-44-49(37)33-18-32(21-42)46(25-33)38(50)55-26-31-12-10-9-11-13-31/h9-13,19-20,22,29-30,32-33H,14-18,21,23-26,28H2,1-8H3/t29-,30-,32-,33+/m0/s1. The number of sulfonamides is 1. The lowest BCUT2D eigenvalue weighted by Crippen LogP contribution is -2.59. The fourth-order valence-corrected chi connectivity index (χ4v) is 10.3. The van der Waals surface area contributed by atoms with E-state index < -0.39 is 60.2 Å². The number of nitriles is 1. The summed E-state index contributed by atoms with van der Waals surface area (Å²) in [6, 6.07) is 13.7. The molecule has 316 valence electrons. The second-order valence-electron chi connectivity index (χ2n) is 18.2. The van der Waals surface area contributed by atoms with Crippen LogP contribution in [0.3, 0.4) is 0 Å². The monoisotopic (exact) mass is 839 g/mol. The van der Waals surface area contributed by atoms with Gasteiger partial charge >= 0.3 is 12.2 Å². The van der Waals surface area contributed by atoms with E-state index in [1.165, 1.54) is 9.21 Å². The molecule has 3 aliphatic rings. The molecule has 1 saturated carbocycles. The maximum Gasteiger partial charge on any atom is 0.410 e. The fraction of sp³-hybridized carbons (Fsp3) is 0.610. The average molecular weight is 840 g/mol. The minimum Gasteiger partial charge on any atom is -0.445 e. The zero-order valence-electron chi connectivity index (χ0n) is 35.0. The molecular formula is C41H58FN7O7SSi. The van der Waals surface area contributed by atoms with Gasteiger partial charge in [0.25, 0.3) is 0 Å². The predicted molar refractivity (Wildman–Crippen MR) is 221 cm³/mol. The molecule has 2 aliphatic heterocycles. The van der Waals surface area contributed by atoms with Crippen LogP contribution in [0.5, 0.6) is 0 Å². The van der Waals surface area contributed by atoms with Crippen molar-refractivity contribution in [3.8, 4) is 6.07 Å². The van der Waals surface area contributed by atoms with Crippen molar-refractivity contribution in [3.05, 3.63) is 54.2 Å². The number of carbonyl (C=O) groups is 2. The summed E-state index contributed by atoms with van der Waals surface area (Å²) >= 11 is 0. The zero-order valence-corrected chi connectivity index (χ0v) is 36.8. The number of likely N-dealkylation sites (tertiary alicyclic amines) is 1.